The molecule has 2 heterocycles. The Morgan fingerprint density at radius 2 is 2.12 bits per heavy atom. The molecule has 0 bridgehead atoms. The molecule has 1 aromatic heterocycles. The molecule has 0 atom stereocenters. The van der Waals surface area contributed by atoms with Crippen LogP contribution in [0.2, 0.25) is 0 Å². The van der Waals surface area contributed by atoms with Crippen LogP contribution in [-0.2, 0) is 11.3 Å². The minimum atomic E-state index is -0.423. The lowest BCUT2D eigenvalue weighted by Gasteiger charge is -2.10. The molecular formula is C19H22N6O. The van der Waals surface area contributed by atoms with Crippen LogP contribution in [0.5, 0.6) is 0 Å². The summed E-state index contributed by atoms with van der Waals surface area (Å²) in [4.78, 5) is 16.5. The first kappa shape index (κ1) is 17.8. The Hall–Kier alpha value is -3.01. The SMILES string of the molecule is C#CCCC1(CCC(=O)Nc2cccc(Cn3nc(C)nc3C)c2)N=N1. The van der Waals surface area contributed by atoms with Crippen molar-refractivity contribution in [1.29, 1.82) is 0 Å². The van der Waals surface area contributed by atoms with Crippen molar-refractivity contribution >= 4 is 11.6 Å². The van der Waals surface area contributed by atoms with E-state index in [1.165, 1.54) is 0 Å². The maximum absolute atomic E-state index is 12.2. The minimum absolute atomic E-state index is 0.0488. The zero-order valence-corrected chi connectivity index (χ0v) is 15.1. The lowest BCUT2D eigenvalue weighted by atomic mass is 10.0. The van der Waals surface area contributed by atoms with Gasteiger partial charge in [-0.05, 0) is 31.5 Å². The molecule has 0 spiro atoms. The summed E-state index contributed by atoms with van der Waals surface area (Å²) in [5.74, 6) is 4.16. The van der Waals surface area contributed by atoms with Gasteiger partial charge in [-0.2, -0.15) is 15.3 Å². The zero-order valence-electron chi connectivity index (χ0n) is 15.1. The number of anilines is 1. The number of benzene rings is 1. The van der Waals surface area contributed by atoms with Crippen LogP contribution in [0.25, 0.3) is 0 Å². The summed E-state index contributed by atoms with van der Waals surface area (Å²) in [7, 11) is 0. The third-order valence-electron chi connectivity index (χ3n) is 4.31. The van der Waals surface area contributed by atoms with E-state index >= 15 is 0 Å². The van der Waals surface area contributed by atoms with Crippen molar-refractivity contribution in [3.05, 3.63) is 41.5 Å². The summed E-state index contributed by atoms with van der Waals surface area (Å²) < 4.78 is 1.85. The number of nitrogens with zero attached hydrogens (tertiary/aromatic N) is 5. The molecule has 0 saturated heterocycles. The molecule has 1 aliphatic heterocycles. The minimum Gasteiger partial charge on any atom is -0.326 e. The van der Waals surface area contributed by atoms with Crippen molar-refractivity contribution in [2.75, 3.05) is 5.32 Å². The van der Waals surface area contributed by atoms with E-state index in [9.17, 15) is 4.79 Å². The second-order valence-electron chi connectivity index (χ2n) is 6.50. The first-order valence-electron chi connectivity index (χ1n) is 8.64. The fraction of sp³-hybridized carbons (Fsp3) is 0.421. The van der Waals surface area contributed by atoms with Crippen LogP contribution in [0.1, 0.15) is 42.9 Å². The molecule has 26 heavy (non-hydrogen) atoms. The van der Waals surface area contributed by atoms with Crippen LogP contribution in [0, 0.1) is 26.2 Å². The van der Waals surface area contributed by atoms with Crippen molar-refractivity contribution in [2.24, 2.45) is 10.2 Å². The topological polar surface area (TPSA) is 84.5 Å². The van der Waals surface area contributed by atoms with Crippen molar-refractivity contribution in [2.45, 2.75) is 51.7 Å². The Morgan fingerprint density at radius 1 is 1.31 bits per heavy atom. The molecule has 7 nitrogen and oxygen atoms in total. The summed E-state index contributed by atoms with van der Waals surface area (Å²) in [5.41, 5.74) is 1.39. The summed E-state index contributed by atoms with van der Waals surface area (Å²) in [6.07, 6.45) is 7.57. The molecule has 0 radical (unpaired) electrons. The average molecular weight is 350 g/mol. The highest BCUT2D eigenvalue weighted by Gasteiger charge is 2.39. The van der Waals surface area contributed by atoms with E-state index in [1.54, 1.807) is 0 Å². The van der Waals surface area contributed by atoms with Gasteiger partial charge >= 0.3 is 0 Å². The molecule has 0 unspecified atom stereocenters. The van der Waals surface area contributed by atoms with Gasteiger partial charge in [0, 0.05) is 31.4 Å². The number of aromatic nitrogens is 3. The lowest BCUT2D eigenvalue weighted by molar-refractivity contribution is -0.116. The Labute approximate surface area is 152 Å². The predicted molar refractivity (Wildman–Crippen MR) is 98.6 cm³/mol. The molecule has 1 N–H and O–H groups in total. The van der Waals surface area contributed by atoms with Gasteiger partial charge in [0.25, 0.3) is 0 Å². The molecule has 2 aromatic rings. The monoisotopic (exact) mass is 350 g/mol. The van der Waals surface area contributed by atoms with E-state index in [-0.39, 0.29) is 5.91 Å². The van der Waals surface area contributed by atoms with Crippen molar-refractivity contribution in [3.8, 4) is 12.3 Å². The van der Waals surface area contributed by atoms with Gasteiger partial charge in [-0.15, -0.1) is 12.3 Å². The first-order chi connectivity index (χ1) is 12.5. The van der Waals surface area contributed by atoms with Gasteiger partial charge in [-0.1, -0.05) is 12.1 Å². The number of carbonyl (C=O) groups is 1. The quantitative estimate of drug-likeness (QED) is 0.742. The molecule has 0 saturated carbocycles. The standard InChI is InChI=1S/C19H22N6O/c1-4-5-10-19(23-24-19)11-9-18(26)21-17-8-6-7-16(12-17)13-25-15(3)20-14(2)22-25/h1,6-8,12H,5,9-11,13H2,2-3H3,(H,21,26). The predicted octanol–water partition coefficient (Wildman–Crippen LogP) is 3.24. The maximum Gasteiger partial charge on any atom is 0.224 e. The van der Waals surface area contributed by atoms with Crippen molar-refractivity contribution in [1.82, 2.24) is 14.8 Å². The number of terminal acetylenes is 1. The van der Waals surface area contributed by atoms with Gasteiger partial charge in [-0.3, -0.25) is 4.79 Å². The zero-order chi connectivity index (χ0) is 18.6. The second kappa shape index (κ2) is 7.48. The first-order valence-corrected chi connectivity index (χ1v) is 8.64. The van der Waals surface area contributed by atoms with Crippen LogP contribution in [-0.4, -0.2) is 26.3 Å². The van der Waals surface area contributed by atoms with E-state index in [1.807, 2.05) is 42.8 Å². The normalized spacial score (nSPS) is 14.0. The molecule has 1 aliphatic rings. The van der Waals surface area contributed by atoms with E-state index in [4.69, 9.17) is 6.42 Å². The number of rotatable bonds is 8. The summed E-state index contributed by atoms with van der Waals surface area (Å²) in [6, 6.07) is 7.75. The van der Waals surface area contributed by atoms with Crippen LogP contribution < -0.4 is 5.32 Å². The third kappa shape index (κ3) is 4.54. The number of amides is 1. The molecular weight excluding hydrogens is 328 g/mol. The fourth-order valence-electron chi connectivity index (χ4n) is 2.84. The van der Waals surface area contributed by atoms with Crippen molar-refractivity contribution in [3.63, 3.8) is 0 Å². The number of nitrogens with one attached hydrogen (secondary N) is 1. The maximum atomic E-state index is 12.2. The molecule has 7 heteroatoms. The summed E-state index contributed by atoms with van der Waals surface area (Å²) >= 11 is 0. The van der Waals surface area contributed by atoms with Gasteiger partial charge in [0.15, 0.2) is 5.66 Å². The molecule has 3 rings (SSSR count). The molecule has 0 aliphatic carbocycles. The Bertz CT molecular complexity index is 870. The van der Waals surface area contributed by atoms with Crippen LogP contribution in [0.15, 0.2) is 34.5 Å². The van der Waals surface area contributed by atoms with Gasteiger partial charge in [0.1, 0.15) is 11.6 Å². The Kier molecular flexibility index (Phi) is 5.12. The Morgan fingerprint density at radius 3 is 2.77 bits per heavy atom. The fourth-order valence-corrected chi connectivity index (χ4v) is 2.84. The van der Waals surface area contributed by atoms with E-state index in [0.29, 0.717) is 32.2 Å². The van der Waals surface area contributed by atoms with Gasteiger partial charge in [-0.25, -0.2) is 9.67 Å². The van der Waals surface area contributed by atoms with E-state index in [0.717, 1.165) is 22.9 Å². The summed E-state index contributed by atoms with van der Waals surface area (Å²) in [6.45, 7) is 4.41. The van der Waals surface area contributed by atoms with Crippen LogP contribution in [0.4, 0.5) is 5.69 Å². The molecule has 1 aromatic carbocycles. The number of aryl methyl sites for hydroxylation is 2. The van der Waals surface area contributed by atoms with Crippen LogP contribution in [0.3, 0.4) is 0 Å². The van der Waals surface area contributed by atoms with E-state index in [2.05, 4.69) is 31.5 Å². The average Bonchev–Trinajstić information content (AvgIpc) is 3.31. The number of hydrogen-bond donors (Lipinski definition) is 1. The Balaban J connectivity index is 1.54. The van der Waals surface area contributed by atoms with Gasteiger partial charge in [0.2, 0.25) is 5.91 Å². The summed E-state index contributed by atoms with van der Waals surface area (Å²) in [5, 5.41) is 15.4. The van der Waals surface area contributed by atoms with Crippen LogP contribution >= 0.6 is 0 Å². The largest absolute Gasteiger partial charge is 0.326 e. The smallest absolute Gasteiger partial charge is 0.224 e. The second-order valence-corrected chi connectivity index (χ2v) is 6.50. The number of hydrogen-bond acceptors (Lipinski definition) is 5. The van der Waals surface area contributed by atoms with Gasteiger partial charge in [0.05, 0.1) is 6.54 Å². The molecule has 1 amide bonds. The third-order valence-corrected chi connectivity index (χ3v) is 4.31. The highest BCUT2D eigenvalue weighted by atomic mass is 16.1. The van der Waals surface area contributed by atoms with Crippen molar-refractivity contribution < 1.29 is 4.79 Å². The molecule has 0 fully saturated rings. The van der Waals surface area contributed by atoms with E-state index < -0.39 is 5.66 Å². The van der Waals surface area contributed by atoms with Gasteiger partial charge < -0.3 is 5.32 Å². The number of carbonyl (C=O) groups excluding carboxylic acids is 1. The molecule has 134 valence electrons. The highest BCUT2D eigenvalue weighted by molar-refractivity contribution is 5.90. The highest BCUT2D eigenvalue weighted by Crippen LogP contribution is 2.37. The lowest BCUT2D eigenvalue weighted by Crippen LogP contribution is -2.17.